The first-order chi connectivity index (χ1) is 10.3. The van der Waals surface area contributed by atoms with Crippen LogP contribution in [0.15, 0.2) is 0 Å². The number of piperidine rings is 2. The van der Waals surface area contributed by atoms with Crippen LogP contribution in [0.4, 0.5) is 0 Å². The normalized spacial score (nSPS) is 24.3. The summed E-state index contributed by atoms with van der Waals surface area (Å²) in [5.74, 6) is 0. The number of hydrogen-bond donors (Lipinski definition) is 1. The lowest BCUT2D eigenvalue weighted by molar-refractivity contribution is 0.0915. The van der Waals surface area contributed by atoms with E-state index in [0.717, 1.165) is 18.6 Å². The van der Waals surface area contributed by atoms with Crippen molar-refractivity contribution in [1.82, 2.24) is 15.1 Å². The molecule has 2 heterocycles. The Labute approximate surface area is 132 Å². The monoisotopic (exact) mass is 295 g/mol. The molecule has 21 heavy (non-hydrogen) atoms. The average molecular weight is 296 g/mol. The molecule has 0 aliphatic carbocycles. The number of nitrogens with zero attached hydrogens (tertiary/aromatic N) is 2. The molecule has 2 fully saturated rings. The van der Waals surface area contributed by atoms with Crippen molar-refractivity contribution in [2.75, 3.05) is 39.3 Å². The lowest BCUT2D eigenvalue weighted by Gasteiger charge is -2.40. The van der Waals surface area contributed by atoms with E-state index in [-0.39, 0.29) is 0 Å². The Kier molecular flexibility index (Phi) is 8.05. The third kappa shape index (κ3) is 5.88. The third-order valence-electron chi connectivity index (χ3n) is 5.48. The van der Waals surface area contributed by atoms with E-state index >= 15 is 0 Å². The molecule has 3 heteroatoms. The van der Waals surface area contributed by atoms with E-state index < -0.39 is 0 Å². The molecule has 2 saturated heterocycles. The summed E-state index contributed by atoms with van der Waals surface area (Å²) < 4.78 is 0. The molecule has 0 radical (unpaired) electrons. The van der Waals surface area contributed by atoms with Gasteiger partial charge < -0.3 is 15.1 Å². The molecule has 0 aromatic carbocycles. The van der Waals surface area contributed by atoms with E-state index in [1.807, 2.05) is 0 Å². The molecule has 124 valence electrons. The molecule has 1 unspecified atom stereocenters. The Balaban J connectivity index is 1.58. The Morgan fingerprint density at radius 3 is 2.33 bits per heavy atom. The first kappa shape index (κ1) is 17.2. The van der Waals surface area contributed by atoms with Crippen molar-refractivity contribution in [2.24, 2.45) is 0 Å². The minimum absolute atomic E-state index is 0.737. The van der Waals surface area contributed by atoms with Gasteiger partial charge in [0.05, 0.1) is 0 Å². The second kappa shape index (κ2) is 9.81. The summed E-state index contributed by atoms with van der Waals surface area (Å²) in [6.45, 7) is 12.3. The highest BCUT2D eigenvalue weighted by molar-refractivity contribution is 4.81. The summed E-state index contributed by atoms with van der Waals surface area (Å²) in [7, 11) is 0. The zero-order chi connectivity index (χ0) is 14.9. The van der Waals surface area contributed by atoms with Gasteiger partial charge in [-0.05, 0) is 84.2 Å². The zero-order valence-corrected chi connectivity index (χ0v) is 14.4. The predicted octanol–water partition coefficient (Wildman–Crippen LogP) is 3.11. The van der Waals surface area contributed by atoms with Gasteiger partial charge in [-0.25, -0.2) is 0 Å². The Morgan fingerprint density at radius 2 is 1.71 bits per heavy atom. The van der Waals surface area contributed by atoms with Gasteiger partial charge in [0.2, 0.25) is 0 Å². The fourth-order valence-corrected chi connectivity index (χ4v) is 4.09. The zero-order valence-electron chi connectivity index (χ0n) is 14.4. The highest BCUT2D eigenvalue weighted by Gasteiger charge is 2.25. The van der Waals surface area contributed by atoms with Gasteiger partial charge >= 0.3 is 0 Å². The topological polar surface area (TPSA) is 18.5 Å². The van der Waals surface area contributed by atoms with Crippen LogP contribution in [0.5, 0.6) is 0 Å². The molecule has 0 bridgehead atoms. The minimum atomic E-state index is 0.737. The number of likely N-dealkylation sites (tertiary alicyclic amines) is 2. The van der Waals surface area contributed by atoms with E-state index in [2.05, 4.69) is 29.0 Å². The Hall–Kier alpha value is -0.120. The lowest BCUT2D eigenvalue weighted by atomic mass is 9.99. The minimum Gasteiger partial charge on any atom is -0.314 e. The maximum atomic E-state index is 3.59. The summed E-state index contributed by atoms with van der Waals surface area (Å²) >= 11 is 0. The average Bonchev–Trinajstić information content (AvgIpc) is 2.55. The molecule has 0 aromatic rings. The fourth-order valence-electron chi connectivity index (χ4n) is 4.09. The maximum Gasteiger partial charge on any atom is 0.0120 e. The van der Waals surface area contributed by atoms with Gasteiger partial charge in [0, 0.05) is 12.1 Å². The van der Waals surface area contributed by atoms with Crippen molar-refractivity contribution in [3.8, 4) is 0 Å². The molecule has 0 aromatic heterocycles. The SMILES string of the molecule is CCNC(CC)CCCN1CCC(N2CCCCC2)CC1. The van der Waals surface area contributed by atoms with Gasteiger partial charge in [-0.2, -0.15) is 0 Å². The fraction of sp³-hybridized carbons (Fsp3) is 1.00. The highest BCUT2D eigenvalue weighted by Crippen LogP contribution is 2.21. The quantitative estimate of drug-likeness (QED) is 0.742. The van der Waals surface area contributed by atoms with E-state index in [1.165, 1.54) is 84.1 Å². The first-order valence-corrected chi connectivity index (χ1v) is 9.53. The van der Waals surface area contributed by atoms with Crippen LogP contribution in [0.25, 0.3) is 0 Å². The molecule has 0 amide bonds. The van der Waals surface area contributed by atoms with Crippen molar-refractivity contribution < 1.29 is 0 Å². The van der Waals surface area contributed by atoms with Gasteiger partial charge in [-0.3, -0.25) is 0 Å². The van der Waals surface area contributed by atoms with Gasteiger partial charge in [0.15, 0.2) is 0 Å². The maximum absolute atomic E-state index is 3.59. The van der Waals surface area contributed by atoms with Crippen molar-refractivity contribution >= 4 is 0 Å². The standard InChI is InChI=1S/C18H37N3/c1-3-17(19-4-2)9-8-12-20-15-10-18(11-16-20)21-13-6-5-7-14-21/h17-19H,3-16H2,1-2H3. The first-order valence-electron chi connectivity index (χ1n) is 9.53. The molecule has 1 atom stereocenters. The van der Waals surface area contributed by atoms with Crippen LogP contribution >= 0.6 is 0 Å². The second-order valence-corrected chi connectivity index (χ2v) is 6.97. The number of hydrogen-bond acceptors (Lipinski definition) is 3. The predicted molar refractivity (Wildman–Crippen MR) is 91.9 cm³/mol. The van der Waals surface area contributed by atoms with Crippen molar-refractivity contribution in [3.05, 3.63) is 0 Å². The molecular formula is C18H37N3. The highest BCUT2D eigenvalue weighted by atomic mass is 15.2. The molecular weight excluding hydrogens is 258 g/mol. The molecule has 3 nitrogen and oxygen atoms in total. The van der Waals surface area contributed by atoms with Crippen LogP contribution in [0.2, 0.25) is 0 Å². The summed E-state index contributed by atoms with van der Waals surface area (Å²) in [4.78, 5) is 5.48. The van der Waals surface area contributed by atoms with Gasteiger partial charge in [0.25, 0.3) is 0 Å². The van der Waals surface area contributed by atoms with Crippen LogP contribution in [-0.4, -0.2) is 61.2 Å². The van der Waals surface area contributed by atoms with Crippen molar-refractivity contribution in [2.45, 2.75) is 77.3 Å². The molecule has 2 rings (SSSR count). The van der Waals surface area contributed by atoms with Crippen LogP contribution in [0.1, 0.15) is 65.2 Å². The Morgan fingerprint density at radius 1 is 1.00 bits per heavy atom. The molecule has 0 saturated carbocycles. The van der Waals surface area contributed by atoms with E-state index in [0.29, 0.717) is 0 Å². The second-order valence-electron chi connectivity index (χ2n) is 6.97. The molecule has 2 aliphatic rings. The smallest absolute Gasteiger partial charge is 0.0120 e. The summed E-state index contributed by atoms with van der Waals surface area (Å²) in [5, 5.41) is 3.59. The van der Waals surface area contributed by atoms with Crippen LogP contribution in [-0.2, 0) is 0 Å². The summed E-state index contributed by atoms with van der Waals surface area (Å²) in [6.07, 6.45) is 11.1. The lowest BCUT2D eigenvalue weighted by Crippen LogP contribution is -2.46. The molecule has 2 aliphatic heterocycles. The summed E-state index contributed by atoms with van der Waals surface area (Å²) in [5.41, 5.74) is 0. The Bertz CT molecular complexity index is 252. The largest absolute Gasteiger partial charge is 0.314 e. The van der Waals surface area contributed by atoms with Crippen molar-refractivity contribution in [3.63, 3.8) is 0 Å². The third-order valence-corrected chi connectivity index (χ3v) is 5.48. The molecule has 0 spiro atoms. The van der Waals surface area contributed by atoms with Gasteiger partial charge in [-0.15, -0.1) is 0 Å². The van der Waals surface area contributed by atoms with Crippen LogP contribution < -0.4 is 5.32 Å². The number of nitrogens with one attached hydrogen (secondary N) is 1. The molecule has 1 N–H and O–H groups in total. The number of rotatable bonds is 8. The van der Waals surface area contributed by atoms with E-state index in [4.69, 9.17) is 0 Å². The van der Waals surface area contributed by atoms with E-state index in [1.54, 1.807) is 0 Å². The van der Waals surface area contributed by atoms with Crippen LogP contribution in [0.3, 0.4) is 0 Å². The van der Waals surface area contributed by atoms with E-state index in [9.17, 15) is 0 Å². The van der Waals surface area contributed by atoms with Gasteiger partial charge in [-0.1, -0.05) is 20.3 Å². The van der Waals surface area contributed by atoms with Crippen LogP contribution in [0, 0.1) is 0 Å². The van der Waals surface area contributed by atoms with Gasteiger partial charge in [0.1, 0.15) is 0 Å². The summed E-state index contributed by atoms with van der Waals surface area (Å²) in [6, 6.07) is 1.63. The van der Waals surface area contributed by atoms with Crippen molar-refractivity contribution in [1.29, 1.82) is 0 Å².